The molecule has 1 aliphatic rings. The zero-order valence-electron chi connectivity index (χ0n) is 17.1. The van der Waals surface area contributed by atoms with E-state index in [1.165, 1.54) is 36.5 Å². The molecule has 1 amide bonds. The Morgan fingerprint density at radius 3 is 2.48 bits per heavy atom. The molecule has 13 heteroatoms. The number of ether oxygens (including phenoxy) is 2. The number of carbonyl (C=O) groups excluding carboxylic acids is 1. The van der Waals surface area contributed by atoms with Crippen LogP contribution < -0.4 is 31.0 Å². The van der Waals surface area contributed by atoms with Gasteiger partial charge in [-0.2, -0.15) is 13.2 Å². The van der Waals surface area contributed by atoms with Crippen LogP contribution in [0.4, 0.5) is 30.2 Å². The van der Waals surface area contributed by atoms with Gasteiger partial charge in [0.15, 0.2) is 17.2 Å². The number of hydrogen-bond acceptors (Lipinski definition) is 9. The molecule has 0 radical (unpaired) electrons. The second kappa shape index (κ2) is 7.99. The van der Waals surface area contributed by atoms with Crippen LogP contribution >= 0.6 is 11.3 Å². The van der Waals surface area contributed by atoms with E-state index in [2.05, 4.69) is 10.6 Å². The minimum Gasteiger partial charge on any atom is -0.504 e. The highest BCUT2D eigenvalue weighted by Crippen LogP contribution is 2.42. The molecule has 0 saturated heterocycles. The summed E-state index contributed by atoms with van der Waals surface area (Å²) >= 11 is 0.870. The summed E-state index contributed by atoms with van der Waals surface area (Å²) in [7, 11) is 2.95. The van der Waals surface area contributed by atoms with E-state index in [9.17, 15) is 32.7 Å². The molecule has 0 saturated carbocycles. The number of anilines is 3. The number of amides is 1. The number of nitrogens with zero attached hydrogens (tertiary/aromatic N) is 1. The SMILES string of the molecule is CN(C)C(=O)c1scc(Nc2c(N[C@@H](c3ccc4c(c3)OCO4)C(F)(F)F)c(=O)c2=O)c1O. The number of alkyl halides is 3. The summed E-state index contributed by atoms with van der Waals surface area (Å²) in [5.41, 5.74) is -3.60. The zero-order valence-corrected chi connectivity index (χ0v) is 17.9. The predicted molar refractivity (Wildman–Crippen MR) is 114 cm³/mol. The molecular weight excluding hydrogens is 467 g/mol. The fourth-order valence-corrected chi connectivity index (χ4v) is 4.08. The highest BCUT2D eigenvalue weighted by Gasteiger charge is 2.43. The van der Waals surface area contributed by atoms with E-state index in [1.807, 2.05) is 0 Å². The second-order valence-corrected chi connectivity index (χ2v) is 8.17. The van der Waals surface area contributed by atoms with Gasteiger partial charge in [0.2, 0.25) is 6.79 Å². The topological polar surface area (TPSA) is 117 Å². The minimum absolute atomic E-state index is 0.0377. The van der Waals surface area contributed by atoms with Crippen molar-refractivity contribution in [1.29, 1.82) is 0 Å². The zero-order chi connectivity index (χ0) is 24.1. The third kappa shape index (κ3) is 3.95. The third-order valence-corrected chi connectivity index (χ3v) is 5.84. The largest absolute Gasteiger partial charge is 0.504 e. The van der Waals surface area contributed by atoms with Crippen LogP contribution in [0, 0.1) is 0 Å². The summed E-state index contributed by atoms with van der Waals surface area (Å²) in [6.07, 6.45) is -4.83. The van der Waals surface area contributed by atoms with Crippen molar-refractivity contribution >= 4 is 34.3 Å². The molecule has 33 heavy (non-hydrogen) atoms. The molecule has 0 fully saturated rings. The maximum absolute atomic E-state index is 13.8. The normalized spacial score (nSPS) is 13.7. The van der Waals surface area contributed by atoms with E-state index in [1.54, 1.807) is 0 Å². The van der Waals surface area contributed by atoms with Crippen LogP contribution in [0.2, 0.25) is 0 Å². The van der Waals surface area contributed by atoms with Gasteiger partial charge in [-0.1, -0.05) is 6.07 Å². The summed E-state index contributed by atoms with van der Waals surface area (Å²) in [6, 6.07) is 1.28. The summed E-state index contributed by atoms with van der Waals surface area (Å²) < 4.78 is 51.7. The molecule has 2 aromatic carbocycles. The average molecular weight is 483 g/mol. The summed E-state index contributed by atoms with van der Waals surface area (Å²) in [4.78, 5) is 37.4. The van der Waals surface area contributed by atoms with Gasteiger partial charge in [-0.05, 0) is 17.7 Å². The van der Waals surface area contributed by atoms with Gasteiger partial charge in [-0.25, -0.2) is 0 Å². The first-order chi connectivity index (χ1) is 15.5. The number of hydrogen-bond donors (Lipinski definition) is 3. The summed E-state index contributed by atoms with van der Waals surface area (Å²) in [5, 5.41) is 16.2. The van der Waals surface area contributed by atoms with Crippen LogP contribution in [0.1, 0.15) is 21.3 Å². The van der Waals surface area contributed by atoms with Gasteiger partial charge in [-0.15, -0.1) is 11.3 Å². The van der Waals surface area contributed by atoms with Crippen molar-refractivity contribution in [1.82, 2.24) is 4.90 Å². The smallest absolute Gasteiger partial charge is 0.412 e. The molecule has 0 aliphatic carbocycles. The standard InChI is InChI=1S/C20H16F3N3O6S/c1-26(2)19(30)17-14(27)9(6-33-17)24-12-13(16(29)15(12)28)25-18(20(21,22)23)8-3-4-10-11(5-8)32-7-31-10/h3-6,18,24-25,27H,7H2,1-2H3/t18-/m0/s1. The Morgan fingerprint density at radius 1 is 1.15 bits per heavy atom. The number of benzene rings is 1. The van der Waals surface area contributed by atoms with Crippen molar-refractivity contribution in [2.24, 2.45) is 0 Å². The van der Waals surface area contributed by atoms with E-state index in [4.69, 9.17) is 9.47 Å². The van der Waals surface area contributed by atoms with Gasteiger partial charge < -0.3 is 30.1 Å². The Balaban J connectivity index is 1.65. The van der Waals surface area contributed by atoms with E-state index in [0.717, 1.165) is 17.4 Å². The lowest BCUT2D eigenvalue weighted by Crippen LogP contribution is -2.40. The van der Waals surface area contributed by atoms with E-state index in [-0.39, 0.29) is 34.4 Å². The molecule has 1 aromatic heterocycles. The molecule has 4 rings (SSSR count). The number of halogens is 3. The van der Waals surface area contributed by atoms with Crippen molar-refractivity contribution in [2.45, 2.75) is 12.2 Å². The Morgan fingerprint density at radius 2 is 1.82 bits per heavy atom. The molecule has 0 unspecified atom stereocenters. The molecule has 9 nitrogen and oxygen atoms in total. The molecule has 1 atom stereocenters. The fraction of sp³-hybridized carbons (Fsp3) is 0.250. The number of rotatable bonds is 6. The fourth-order valence-electron chi connectivity index (χ4n) is 3.17. The maximum Gasteiger partial charge on any atom is 0.412 e. The molecule has 2 heterocycles. The van der Waals surface area contributed by atoms with Crippen LogP contribution in [-0.4, -0.2) is 43.0 Å². The maximum atomic E-state index is 13.8. The van der Waals surface area contributed by atoms with Crippen molar-refractivity contribution in [3.8, 4) is 17.2 Å². The van der Waals surface area contributed by atoms with Crippen molar-refractivity contribution in [3.63, 3.8) is 0 Å². The number of thiophene rings is 1. The number of carbonyl (C=O) groups is 1. The van der Waals surface area contributed by atoms with Gasteiger partial charge in [-0.3, -0.25) is 14.4 Å². The van der Waals surface area contributed by atoms with Crippen LogP contribution in [0.15, 0.2) is 33.2 Å². The first kappa shape index (κ1) is 22.5. The molecule has 174 valence electrons. The monoisotopic (exact) mass is 483 g/mol. The average Bonchev–Trinajstić information content (AvgIpc) is 3.37. The lowest BCUT2D eigenvalue weighted by Gasteiger charge is -2.25. The Bertz CT molecular complexity index is 1310. The number of aromatic hydroxyl groups is 1. The van der Waals surface area contributed by atoms with Gasteiger partial charge in [0.25, 0.3) is 16.8 Å². The van der Waals surface area contributed by atoms with Crippen molar-refractivity contribution < 1.29 is 32.5 Å². The lowest BCUT2D eigenvalue weighted by molar-refractivity contribution is -0.144. The lowest BCUT2D eigenvalue weighted by atomic mass is 10.0. The molecule has 3 aromatic rings. The van der Waals surface area contributed by atoms with Crippen LogP contribution in [0.25, 0.3) is 0 Å². The van der Waals surface area contributed by atoms with Gasteiger partial charge >= 0.3 is 6.18 Å². The first-order valence-corrected chi connectivity index (χ1v) is 10.2. The van der Waals surface area contributed by atoms with Crippen molar-refractivity contribution in [3.05, 3.63) is 54.5 Å². The highest BCUT2D eigenvalue weighted by atomic mass is 32.1. The third-order valence-electron chi connectivity index (χ3n) is 4.88. The predicted octanol–water partition coefficient (Wildman–Crippen LogP) is 2.94. The first-order valence-electron chi connectivity index (χ1n) is 9.34. The molecule has 1 aliphatic heterocycles. The quantitative estimate of drug-likeness (QED) is 0.459. The van der Waals surface area contributed by atoms with E-state index < -0.39 is 46.1 Å². The molecule has 0 bridgehead atoms. The molecular formula is C20H16F3N3O6S. The molecule has 0 spiro atoms. The van der Waals surface area contributed by atoms with E-state index in [0.29, 0.717) is 0 Å². The highest BCUT2D eigenvalue weighted by molar-refractivity contribution is 7.13. The van der Waals surface area contributed by atoms with Crippen molar-refractivity contribution in [2.75, 3.05) is 31.5 Å². The second-order valence-electron chi connectivity index (χ2n) is 7.29. The number of fused-ring (bicyclic) bond motifs is 1. The summed E-state index contributed by atoms with van der Waals surface area (Å²) in [5.74, 6) is -0.588. The van der Waals surface area contributed by atoms with E-state index >= 15 is 0 Å². The van der Waals surface area contributed by atoms with Crippen LogP contribution in [-0.2, 0) is 0 Å². The number of nitrogens with one attached hydrogen (secondary N) is 2. The van der Waals surface area contributed by atoms with Gasteiger partial charge in [0, 0.05) is 19.5 Å². The Kier molecular flexibility index (Phi) is 5.44. The summed E-state index contributed by atoms with van der Waals surface area (Å²) in [6.45, 7) is -0.127. The Labute approximate surface area is 187 Å². The minimum atomic E-state index is -4.83. The van der Waals surface area contributed by atoms with Crippen LogP contribution in [0.5, 0.6) is 17.2 Å². The van der Waals surface area contributed by atoms with Gasteiger partial charge in [0.1, 0.15) is 22.3 Å². The van der Waals surface area contributed by atoms with Gasteiger partial charge in [0.05, 0.1) is 5.69 Å². The Hall–Kier alpha value is -3.74. The van der Waals surface area contributed by atoms with Crippen LogP contribution in [0.3, 0.4) is 0 Å². The molecule has 3 N–H and O–H groups in total.